The average Bonchev–Trinajstić information content (AvgIpc) is 2.16. The molecule has 3 nitrogen and oxygen atoms in total. The quantitative estimate of drug-likeness (QED) is 0.766. The Bertz CT molecular complexity index is 184. The average molecular weight is 227 g/mol. The molecular weight excluding hydrogens is 198 g/mol. The normalized spacial score (nSPS) is 25.3. The highest BCUT2D eigenvalue weighted by Crippen LogP contribution is 2.13. The van der Waals surface area contributed by atoms with Crippen LogP contribution in [0, 0.1) is 0 Å². The summed E-state index contributed by atoms with van der Waals surface area (Å²) in [5.41, 5.74) is 0. The number of hydrogen-bond acceptors (Lipinski definition) is 3. The molecule has 0 bridgehead atoms. The van der Waals surface area contributed by atoms with Gasteiger partial charge in [-0.1, -0.05) is 13.8 Å². The van der Waals surface area contributed by atoms with Gasteiger partial charge in [-0.15, -0.1) is 0 Å². The smallest absolute Gasteiger partial charge is 0.0197 e. The summed E-state index contributed by atoms with van der Waals surface area (Å²) in [5.74, 6) is 0. The van der Waals surface area contributed by atoms with Crippen LogP contribution >= 0.6 is 0 Å². The molecule has 0 amide bonds. The minimum absolute atomic E-state index is 0.606. The van der Waals surface area contributed by atoms with Gasteiger partial charge in [0.1, 0.15) is 0 Å². The van der Waals surface area contributed by atoms with Crippen molar-refractivity contribution in [3.05, 3.63) is 0 Å². The van der Waals surface area contributed by atoms with E-state index in [1.165, 1.54) is 25.9 Å². The summed E-state index contributed by atoms with van der Waals surface area (Å²) >= 11 is 0. The van der Waals surface area contributed by atoms with Crippen LogP contribution < -0.4 is 5.32 Å². The van der Waals surface area contributed by atoms with Gasteiger partial charge in [0.15, 0.2) is 0 Å². The van der Waals surface area contributed by atoms with Crippen molar-refractivity contribution < 1.29 is 0 Å². The van der Waals surface area contributed by atoms with E-state index < -0.39 is 0 Å². The van der Waals surface area contributed by atoms with Gasteiger partial charge in [0.2, 0.25) is 0 Å². The van der Waals surface area contributed by atoms with E-state index in [1.807, 2.05) is 0 Å². The van der Waals surface area contributed by atoms with E-state index in [0.717, 1.165) is 6.54 Å². The number of nitrogens with zero attached hydrogens (tertiary/aromatic N) is 2. The topological polar surface area (TPSA) is 18.5 Å². The van der Waals surface area contributed by atoms with E-state index in [0.29, 0.717) is 18.1 Å². The molecule has 1 fully saturated rings. The molecule has 0 radical (unpaired) electrons. The van der Waals surface area contributed by atoms with E-state index >= 15 is 0 Å². The van der Waals surface area contributed by atoms with Crippen molar-refractivity contribution in [1.82, 2.24) is 15.1 Å². The Labute approximate surface area is 101 Å². The molecule has 1 rings (SSSR count). The van der Waals surface area contributed by atoms with Crippen LogP contribution in [0.15, 0.2) is 0 Å². The fourth-order valence-electron chi connectivity index (χ4n) is 2.66. The van der Waals surface area contributed by atoms with Crippen molar-refractivity contribution >= 4 is 0 Å². The summed E-state index contributed by atoms with van der Waals surface area (Å²) in [5, 5.41) is 3.66. The van der Waals surface area contributed by atoms with Crippen LogP contribution in [0.5, 0.6) is 0 Å². The SMILES string of the molecule is CC(C)NC1CCCN(C(C)CN(C)C)C1. The van der Waals surface area contributed by atoms with Gasteiger partial charge in [0, 0.05) is 31.2 Å². The van der Waals surface area contributed by atoms with Crippen molar-refractivity contribution in [2.75, 3.05) is 33.7 Å². The number of nitrogens with one attached hydrogen (secondary N) is 1. The lowest BCUT2D eigenvalue weighted by molar-refractivity contribution is 0.123. The maximum absolute atomic E-state index is 3.66. The number of hydrogen-bond donors (Lipinski definition) is 1. The Morgan fingerprint density at radius 3 is 2.56 bits per heavy atom. The van der Waals surface area contributed by atoms with Crippen LogP contribution in [0.25, 0.3) is 0 Å². The molecule has 16 heavy (non-hydrogen) atoms. The predicted molar refractivity (Wildman–Crippen MR) is 70.9 cm³/mol. The van der Waals surface area contributed by atoms with E-state index in [1.54, 1.807) is 0 Å². The number of likely N-dealkylation sites (N-methyl/N-ethyl adjacent to an activating group) is 1. The van der Waals surface area contributed by atoms with Crippen molar-refractivity contribution in [1.29, 1.82) is 0 Å². The summed E-state index contributed by atoms with van der Waals surface area (Å²) in [6.45, 7) is 10.5. The molecule has 0 aromatic rings. The van der Waals surface area contributed by atoms with Crippen molar-refractivity contribution in [3.8, 4) is 0 Å². The number of likely N-dealkylation sites (tertiary alicyclic amines) is 1. The molecule has 1 saturated heterocycles. The molecular formula is C13H29N3. The van der Waals surface area contributed by atoms with Gasteiger partial charge >= 0.3 is 0 Å². The molecule has 2 atom stereocenters. The third-order valence-electron chi connectivity index (χ3n) is 3.27. The minimum atomic E-state index is 0.606. The third-order valence-corrected chi connectivity index (χ3v) is 3.27. The third kappa shape index (κ3) is 4.81. The first-order valence-corrected chi connectivity index (χ1v) is 6.64. The predicted octanol–water partition coefficient (Wildman–Crippen LogP) is 1.40. The zero-order valence-corrected chi connectivity index (χ0v) is 11.7. The van der Waals surface area contributed by atoms with Crippen molar-refractivity contribution in [2.24, 2.45) is 0 Å². The second kappa shape index (κ2) is 6.58. The minimum Gasteiger partial charge on any atom is -0.311 e. The molecule has 1 aliphatic heterocycles. The molecule has 0 spiro atoms. The van der Waals surface area contributed by atoms with E-state index in [4.69, 9.17) is 0 Å². The standard InChI is InChI=1S/C13H29N3/c1-11(2)14-13-7-6-8-16(10-13)12(3)9-15(4)5/h11-14H,6-10H2,1-5H3. The highest BCUT2D eigenvalue weighted by molar-refractivity contribution is 4.82. The van der Waals surface area contributed by atoms with Crippen LogP contribution in [0.2, 0.25) is 0 Å². The summed E-state index contributed by atoms with van der Waals surface area (Å²) in [6.07, 6.45) is 2.67. The van der Waals surface area contributed by atoms with Crippen LogP contribution in [-0.2, 0) is 0 Å². The largest absolute Gasteiger partial charge is 0.311 e. The maximum atomic E-state index is 3.66. The molecule has 96 valence electrons. The van der Waals surface area contributed by atoms with Crippen molar-refractivity contribution in [3.63, 3.8) is 0 Å². The first kappa shape index (κ1) is 13.9. The molecule has 2 unspecified atom stereocenters. The molecule has 3 heteroatoms. The fraction of sp³-hybridized carbons (Fsp3) is 1.00. The van der Waals surface area contributed by atoms with Crippen LogP contribution in [0.3, 0.4) is 0 Å². The highest BCUT2D eigenvalue weighted by Gasteiger charge is 2.23. The maximum Gasteiger partial charge on any atom is 0.0197 e. The molecule has 0 saturated carbocycles. The lowest BCUT2D eigenvalue weighted by Gasteiger charge is -2.38. The Balaban J connectivity index is 2.37. The van der Waals surface area contributed by atoms with Gasteiger partial charge in [0.05, 0.1) is 0 Å². The second-order valence-electron chi connectivity index (χ2n) is 5.77. The Morgan fingerprint density at radius 2 is 2.00 bits per heavy atom. The summed E-state index contributed by atoms with van der Waals surface area (Å²) in [4.78, 5) is 4.91. The Morgan fingerprint density at radius 1 is 1.31 bits per heavy atom. The first-order valence-electron chi connectivity index (χ1n) is 6.64. The molecule has 1 heterocycles. The molecule has 0 aliphatic carbocycles. The van der Waals surface area contributed by atoms with E-state index in [2.05, 4.69) is 50.0 Å². The van der Waals surface area contributed by atoms with Crippen LogP contribution in [0.1, 0.15) is 33.6 Å². The lowest BCUT2D eigenvalue weighted by Crippen LogP contribution is -2.52. The Kier molecular flexibility index (Phi) is 5.73. The van der Waals surface area contributed by atoms with Gasteiger partial charge < -0.3 is 10.2 Å². The molecule has 1 N–H and O–H groups in total. The first-order chi connectivity index (χ1) is 7.49. The Hall–Kier alpha value is -0.120. The summed E-state index contributed by atoms with van der Waals surface area (Å²) in [7, 11) is 4.31. The zero-order chi connectivity index (χ0) is 12.1. The molecule has 0 aromatic heterocycles. The summed E-state index contributed by atoms with van der Waals surface area (Å²) < 4.78 is 0. The monoisotopic (exact) mass is 227 g/mol. The van der Waals surface area contributed by atoms with Gasteiger partial charge in [-0.25, -0.2) is 0 Å². The van der Waals surface area contributed by atoms with Crippen molar-refractivity contribution in [2.45, 2.75) is 51.7 Å². The van der Waals surface area contributed by atoms with Gasteiger partial charge in [-0.2, -0.15) is 0 Å². The number of rotatable bonds is 5. The second-order valence-corrected chi connectivity index (χ2v) is 5.77. The van der Waals surface area contributed by atoms with E-state index in [-0.39, 0.29) is 0 Å². The molecule has 1 aliphatic rings. The summed E-state index contributed by atoms with van der Waals surface area (Å²) in [6, 6.07) is 1.97. The van der Waals surface area contributed by atoms with Gasteiger partial charge in [-0.05, 0) is 40.4 Å². The zero-order valence-electron chi connectivity index (χ0n) is 11.7. The fourth-order valence-corrected chi connectivity index (χ4v) is 2.66. The van der Waals surface area contributed by atoms with Crippen LogP contribution in [0.4, 0.5) is 0 Å². The number of piperidine rings is 1. The van der Waals surface area contributed by atoms with Gasteiger partial charge in [-0.3, -0.25) is 4.90 Å². The van der Waals surface area contributed by atoms with Crippen LogP contribution in [-0.4, -0.2) is 61.7 Å². The van der Waals surface area contributed by atoms with Gasteiger partial charge in [0.25, 0.3) is 0 Å². The highest BCUT2D eigenvalue weighted by atomic mass is 15.2. The molecule has 0 aromatic carbocycles. The van der Waals surface area contributed by atoms with E-state index in [9.17, 15) is 0 Å². The lowest BCUT2D eigenvalue weighted by atomic mass is 10.0.